The lowest BCUT2D eigenvalue weighted by atomic mass is 9.77. The number of rotatable bonds is 11. The molecular weight excluding hydrogens is 543 g/mol. The van der Waals surface area contributed by atoms with Gasteiger partial charge in [-0.15, -0.1) is 0 Å². The summed E-state index contributed by atoms with van der Waals surface area (Å²) in [5.41, 5.74) is 5.03. The minimum atomic E-state index is -0.473. The third kappa shape index (κ3) is 6.58. The lowest BCUT2D eigenvalue weighted by Gasteiger charge is -2.32. The highest BCUT2D eigenvalue weighted by molar-refractivity contribution is 6.62. The highest BCUT2D eigenvalue weighted by Crippen LogP contribution is 2.41. The summed E-state index contributed by atoms with van der Waals surface area (Å²) in [5.74, 6) is 0. The Kier molecular flexibility index (Phi) is 9.43. The molecule has 4 heterocycles. The van der Waals surface area contributed by atoms with E-state index in [1.54, 1.807) is 7.11 Å². The van der Waals surface area contributed by atoms with Crippen LogP contribution in [0.15, 0.2) is 36.5 Å². The maximum Gasteiger partial charge on any atom is 0.494 e. The van der Waals surface area contributed by atoms with E-state index in [-0.39, 0.29) is 24.2 Å². The average molecular weight is 593 g/mol. The lowest BCUT2D eigenvalue weighted by molar-refractivity contribution is -0.0336. The van der Waals surface area contributed by atoms with Gasteiger partial charge in [0.15, 0.2) is 0 Å². The number of aromatic nitrogens is 2. The monoisotopic (exact) mass is 592 g/mol. The maximum absolute atomic E-state index is 10.4. The molecule has 3 aromatic rings. The van der Waals surface area contributed by atoms with Crippen molar-refractivity contribution in [3.63, 3.8) is 0 Å². The van der Waals surface area contributed by atoms with Crippen molar-refractivity contribution >= 4 is 23.5 Å². The molecule has 1 atom stereocenters. The van der Waals surface area contributed by atoms with E-state index >= 15 is 0 Å². The third-order valence-electron chi connectivity index (χ3n) is 9.47. The molecule has 0 unspecified atom stereocenters. The summed E-state index contributed by atoms with van der Waals surface area (Å²) in [6, 6.07) is 10.6. The van der Waals surface area contributed by atoms with E-state index in [0.717, 1.165) is 64.9 Å². The van der Waals surface area contributed by atoms with Crippen LogP contribution in [0.2, 0.25) is 0 Å². The van der Waals surface area contributed by atoms with Crippen LogP contribution in [0.25, 0.3) is 22.2 Å². The first-order valence-corrected chi connectivity index (χ1v) is 15.7. The van der Waals surface area contributed by atoms with Crippen LogP contribution in [0.5, 0.6) is 0 Å². The minimum absolute atomic E-state index is 0.0667. The molecule has 43 heavy (non-hydrogen) atoms. The van der Waals surface area contributed by atoms with Gasteiger partial charge in [0.25, 0.3) is 0 Å². The van der Waals surface area contributed by atoms with Crippen molar-refractivity contribution in [1.82, 2.24) is 9.55 Å². The van der Waals surface area contributed by atoms with Crippen LogP contribution in [0, 0.1) is 5.41 Å². The van der Waals surface area contributed by atoms with Gasteiger partial charge in [0.05, 0.1) is 41.4 Å². The summed E-state index contributed by atoms with van der Waals surface area (Å²) >= 11 is 0. The minimum Gasteiger partial charge on any atom is -0.399 e. The summed E-state index contributed by atoms with van der Waals surface area (Å²) in [6.45, 7) is 17.4. The predicted molar refractivity (Wildman–Crippen MR) is 171 cm³/mol. The SMILES string of the molecule is CO[C@@H](C)c1ncccc1-c1c(CC(C)(C)CO)c2cc(B3OC(C)(C)C(C)(C)O3)ccc2n1CCOC1CCOCC1. The second-order valence-corrected chi connectivity index (χ2v) is 13.8. The quantitative estimate of drug-likeness (QED) is 0.296. The van der Waals surface area contributed by atoms with Crippen molar-refractivity contribution in [3.05, 3.63) is 47.8 Å². The molecule has 1 aromatic carbocycles. The van der Waals surface area contributed by atoms with Crippen LogP contribution < -0.4 is 5.46 Å². The molecule has 5 rings (SSSR count). The molecule has 0 saturated carbocycles. The fraction of sp³-hybridized carbons (Fsp3) is 0.618. The first kappa shape index (κ1) is 32.1. The third-order valence-corrected chi connectivity index (χ3v) is 9.47. The fourth-order valence-corrected chi connectivity index (χ4v) is 6.03. The molecule has 2 fully saturated rings. The zero-order valence-electron chi connectivity index (χ0n) is 27.2. The Morgan fingerprint density at radius 1 is 1.12 bits per heavy atom. The van der Waals surface area contributed by atoms with Crippen LogP contribution >= 0.6 is 0 Å². The molecule has 0 amide bonds. The zero-order chi connectivity index (χ0) is 31.0. The predicted octanol–water partition coefficient (Wildman–Crippen LogP) is 5.47. The number of nitrogens with zero attached hydrogens (tertiary/aromatic N) is 2. The van der Waals surface area contributed by atoms with Gasteiger partial charge in [-0.3, -0.25) is 4.98 Å². The number of ether oxygens (including phenoxy) is 3. The van der Waals surface area contributed by atoms with Gasteiger partial charge in [-0.2, -0.15) is 0 Å². The summed E-state index contributed by atoms with van der Waals surface area (Å²) in [7, 11) is 1.24. The van der Waals surface area contributed by atoms with Crippen molar-refractivity contribution in [2.24, 2.45) is 5.41 Å². The van der Waals surface area contributed by atoms with Crippen molar-refractivity contribution in [2.75, 3.05) is 33.5 Å². The summed E-state index contributed by atoms with van der Waals surface area (Å²) in [6.07, 6.45) is 4.36. The number of benzene rings is 1. The van der Waals surface area contributed by atoms with Crippen molar-refractivity contribution in [2.45, 2.75) is 97.7 Å². The zero-order valence-corrected chi connectivity index (χ0v) is 27.2. The molecule has 0 bridgehead atoms. The molecule has 0 radical (unpaired) electrons. The van der Waals surface area contributed by atoms with Crippen LogP contribution in [0.1, 0.15) is 78.7 Å². The van der Waals surface area contributed by atoms with Gasteiger partial charge in [0.1, 0.15) is 0 Å². The molecule has 2 aromatic heterocycles. The molecule has 8 nitrogen and oxygen atoms in total. The second-order valence-electron chi connectivity index (χ2n) is 13.8. The molecule has 0 aliphatic carbocycles. The standard InChI is InChI=1S/C34H49BN2O6/c1-23(39-8)30-26(10-9-15-36-30)31-28(21-32(2,3)22-38)27-20-24(35-42-33(4,5)34(6,7)43-35)11-12-29(27)37(31)16-19-41-25-13-17-40-18-14-25/h9-12,15,20,23,25,38H,13-14,16-19,21-22H2,1-8H3/t23-/m0/s1. The molecule has 9 heteroatoms. The van der Waals surface area contributed by atoms with Gasteiger partial charge in [0, 0.05) is 56.1 Å². The average Bonchev–Trinajstić information content (AvgIpc) is 3.40. The van der Waals surface area contributed by atoms with Gasteiger partial charge in [0.2, 0.25) is 0 Å². The normalized spacial score (nSPS) is 19.8. The van der Waals surface area contributed by atoms with Gasteiger partial charge < -0.3 is 33.2 Å². The highest BCUT2D eigenvalue weighted by Gasteiger charge is 2.51. The number of aliphatic hydroxyl groups is 1. The summed E-state index contributed by atoms with van der Waals surface area (Å²) in [4.78, 5) is 4.79. The summed E-state index contributed by atoms with van der Waals surface area (Å²) < 4.78 is 33.0. The number of hydrogen-bond donors (Lipinski definition) is 1. The van der Waals surface area contributed by atoms with E-state index in [9.17, 15) is 5.11 Å². The Morgan fingerprint density at radius 2 is 1.81 bits per heavy atom. The van der Waals surface area contributed by atoms with Crippen molar-refractivity contribution in [3.8, 4) is 11.3 Å². The van der Waals surface area contributed by atoms with E-state index in [4.69, 9.17) is 28.5 Å². The van der Waals surface area contributed by atoms with E-state index in [1.807, 2.05) is 19.2 Å². The van der Waals surface area contributed by atoms with Crippen LogP contribution in [-0.2, 0) is 36.5 Å². The summed E-state index contributed by atoms with van der Waals surface area (Å²) in [5, 5.41) is 11.5. The van der Waals surface area contributed by atoms with E-state index in [2.05, 4.69) is 70.4 Å². The lowest BCUT2D eigenvalue weighted by Crippen LogP contribution is -2.41. The van der Waals surface area contributed by atoms with E-state index in [0.29, 0.717) is 19.6 Å². The second kappa shape index (κ2) is 12.6. The Balaban J connectivity index is 1.68. The number of fused-ring (bicyclic) bond motifs is 1. The smallest absolute Gasteiger partial charge is 0.399 e. The van der Waals surface area contributed by atoms with Gasteiger partial charge in [-0.1, -0.05) is 26.0 Å². The molecule has 2 aliphatic rings. The molecule has 2 aliphatic heterocycles. The first-order valence-electron chi connectivity index (χ1n) is 15.7. The van der Waals surface area contributed by atoms with Gasteiger partial charge in [-0.25, -0.2) is 0 Å². The first-order chi connectivity index (χ1) is 20.4. The topological polar surface area (TPSA) is 84.2 Å². The Morgan fingerprint density at radius 3 is 2.47 bits per heavy atom. The Labute approximate surface area is 257 Å². The fourth-order valence-electron chi connectivity index (χ4n) is 6.03. The van der Waals surface area contributed by atoms with E-state index in [1.165, 1.54) is 0 Å². The molecule has 234 valence electrons. The van der Waals surface area contributed by atoms with Crippen molar-refractivity contribution < 1.29 is 28.6 Å². The van der Waals surface area contributed by atoms with E-state index < -0.39 is 18.3 Å². The number of methoxy groups -OCH3 is 1. The molecular formula is C34H49BN2O6. The van der Waals surface area contributed by atoms with Crippen LogP contribution in [0.4, 0.5) is 0 Å². The Hall–Kier alpha value is -2.27. The maximum atomic E-state index is 10.4. The van der Waals surface area contributed by atoms with Crippen LogP contribution in [-0.4, -0.2) is 72.6 Å². The van der Waals surface area contributed by atoms with Gasteiger partial charge >= 0.3 is 7.12 Å². The Bertz CT molecular complexity index is 1400. The number of hydrogen-bond acceptors (Lipinski definition) is 7. The van der Waals surface area contributed by atoms with Crippen molar-refractivity contribution in [1.29, 1.82) is 0 Å². The molecule has 2 saturated heterocycles. The highest BCUT2D eigenvalue weighted by atomic mass is 16.7. The largest absolute Gasteiger partial charge is 0.494 e. The molecule has 1 N–H and O–H groups in total. The molecule has 0 spiro atoms. The number of pyridine rings is 1. The number of aliphatic hydroxyl groups excluding tert-OH is 1. The van der Waals surface area contributed by atoms with Crippen LogP contribution in [0.3, 0.4) is 0 Å². The van der Waals surface area contributed by atoms with Gasteiger partial charge in [-0.05, 0) is 88.5 Å².